The van der Waals surface area contributed by atoms with Crippen LogP contribution >= 0.6 is 0 Å². The number of esters is 1. The Bertz CT molecular complexity index is 1020. The number of hydrogen-bond acceptors (Lipinski definition) is 5. The molecule has 0 bridgehead atoms. The van der Waals surface area contributed by atoms with Gasteiger partial charge in [0.15, 0.2) is 12.4 Å². The number of terminal acetylenes is 1. The van der Waals surface area contributed by atoms with E-state index >= 15 is 0 Å². The fourth-order valence-electron chi connectivity index (χ4n) is 2.44. The molecule has 0 fully saturated rings. The molecule has 0 aromatic heterocycles. The van der Waals surface area contributed by atoms with Crippen LogP contribution in [0.1, 0.15) is 47.1 Å². The Hall–Kier alpha value is -2.95. The lowest BCUT2D eigenvalue weighted by Gasteiger charge is -2.18. The van der Waals surface area contributed by atoms with E-state index in [-0.39, 0.29) is 28.2 Å². The third kappa shape index (κ3) is 6.01. The van der Waals surface area contributed by atoms with Crippen molar-refractivity contribution in [1.82, 2.24) is 4.72 Å². The summed E-state index contributed by atoms with van der Waals surface area (Å²) in [6.45, 7) is 5.69. The second kappa shape index (κ2) is 9.03. The number of nitrogens with one attached hydrogen (secondary N) is 1. The van der Waals surface area contributed by atoms with E-state index in [0.717, 1.165) is 5.56 Å². The molecule has 6 nitrogen and oxygen atoms in total. The van der Waals surface area contributed by atoms with Crippen LogP contribution in [0.25, 0.3) is 0 Å². The molecule has 29 heavy (non-hydrogen) atoms. The van der Waals surface area contributed by atoms with Crippen molar-refractivity contribution >= 4 is 21.8 Å². The summed E-state index contributed by atoms with van der Waals surface area (Å²) in [5.41, 5.74) is 1.66. The van der Waals surface area contributed by atoms with E-state index in [2.05, 4.69) is 31.4 Å². The number of rotatable bonds is 7. The van der Waals surface area contributed by atoms with Crippen LogP contribution in [0.3, 0.4) is 0 Å². The van der Waals surface area contributed by atoms with E-state index in [4.69, 9.17) is 11.2 Å². The van der Waals surface area contributed by atoms with Crippen LogP contribution in [0.5, 0.6) is 0 Å². The van der Waals surface area contributed by atoms with E-state index in [1.807, 2.05) is 12.1 Å². The van der Waals surface area contributed by atoms with Gasteiger partial charge in [0.05, 0.1) is 17.0 Å². The summed E-state index contributed by atoms with van der Waals surface area (Å²) in [5.74, 6) is 1.14. The second-order valence-electron chi connectivity index (χ2n) is 7.38. The summed E-state index contributed by atoms with van der Waals surface area (Å²) in [4.78, 5) is 24.4. The first-order valence-electron chi connectivity index (χ1n) is 8.88. The molecule has 0 heterocycles. The minimum atomic E-state index is -3.74. The lowest BCUT2D eigenvalue weighted by molar-refractivity contribution is 0.0474. The number of ether oxygens (including phenoxy) is 1. The smallest absolute Gasteiger partial charge is 0.338 e. The molecule has 0 saturated heterocycles. The van der Waals surface area contributed by atoms with Crippen LogP contribution in [0.15, 0.2) is 53.4 Å². The predicted octanol–water partition coefficient (Wildman–Crippen LogP) is 2.94. The molecule has 0 aliphatic rings. The standard InChI is InChI=1S/C22H23NO5S/c1-5-14-23-29(26,27)19-12-8-17(9-13-19)21(25)28-15-20(24)16-6-10-18(11-7-16)22(2,3)4/h1,6-13,23H,14-15H2,2-4H3. The van der Waals surface area contributed by atoms with Crippen molar-refractivity contribution in [3.63, 3.8) is 0 Å². The second-order valence-corrected chi connectivity index (χ2v) is 9.15. The Kier molecular flexibility index (Phi) is 6.96. The van der Waals surface area contributed by atoms with Crippen LogP contribution in [-0.2, 0) is 20.2 Å². The Balaban J connectivity index is 1.98. The average Bonchev–Trinajstić information content (AvgIpc) is 2.69. The zero-order valence-corrected chi connectivity index (χ0v) is 17.4. The summed E-state index contributed by atoms with van der Waals surface area (Å²) < 4.78 is 31.2. The molecular formula is C22H23NO5S. The molecule has 0 amide bonds. The average molecular weight is 413 g/mol. The van der Waals surface area contributed by atoms with Gasteiger partial charge in [-0.15, -0.1) is 6.42 Å². The topological polar surface area (TPSA) is 89.5 Å². The van der Waals surface area contributed by atoms with E-state index in [1.165, 1.54) is 24.3 Å². The minimum absolute atomic E-state index is 0.0238. The van der Waals surface area contributed by atoms with Crippen LogP contribution in [-0.4, -0.2) is 33.3 Å². The Morgan fingerprint density at radius 3 is 2.07 bits per heavy atom. The summed E-state index contributed by atoms with van der Waals surface area (Å²) in [6.07, 6.45) is 5.04. The number of ketones is 1. The zero-order chi connectivity index (χ0) is 21.7. The van der Waals surface area contributed by atoms with Gasteiger partial charge in [-0.2, -0.15) is 4.72 Å². The SMILES string of the molecule is C#CCNS(=O)(=O)c1ccc(C(=O)OCC(=O)c2ccc(C(C)(C)C)cc2)cc1. The van der Waals surface area contributed by atoms with Crippen LogP contribution in [0, 0.1) is 12.3 Å². The van der Waals surface area contributed by atoms with Gasteiger partial charge >= 0.3 is 5.97 Å². The first kappa shape index (κ1) is 22.3. The zero-order valence-electron chi connectivity index (χ0n) is 16.6. The van der Waals surface area contributed by atoms with Gasteiger partial charge in [-0.25, -0.2) is 13.2 Å². The Labute approximate surface area is 171 Å². The molecule has 0 saturated carbocycles. The third-order valence-corrected chi connectivity index (χ3v) is 5.59. The number of sulfonamides is 1. The maximum atomic E-state index is 12.2. The fourth-order valence-corrected chi connectivity index (χ4v) is 3.38. The van der Waals surface area contributed by atoms with E-state index in [1.54, 1.807) is 12.1 Å². The highest BCUT2D eigenvalue weighted by Gasteiger charge is 2.17. The van der Waals surface area contributed by atoms with Gasteiger partial charge in [0.2, 0.25) is 10.0 Å². The first-order chi connectivity index (χ1) is 13.5. The Morgan fingerprint density at radius 2 is 1.55 bits per heavy atom. The normalized spacial score (nSPS) is 11.5. The van der Waals surface area contributed by atoms with Gasteiger partial charge in [-0.1, -0.05) is 51.0 Å². The van der Waals surface area contributed by atoms with Crippen molar-refractivity contribution in [2.24, 2.45) is 0 Å². The molecule has 0 unspecified atom stereocenters. The van der Waals surface area contributed by atoms with Gasteiger partial charge in [0.1, 0.15) is 0 Å². The van der Waals surface area contributed by atoms with Gasteiger partial charge < -0.3 is 4.74 Å². The monoisotopic (exact) mass is 413 g/mol. The number of carbonyl (C=O) groups excluding carboxylic acids is 2. The highest BCUT2D eigenvalue weighted by atomic mass is 32.2. The molecule has 2 aromatic rings. The molecular weight excluding hydrogens is 390 g/mol. The predicted molar refractivity (Wildman–Crippen MR) is 110 cm³/mol. The number of Topliss-reactive ketones (excluding diaryl/α,β-unsaturated/α-hetero) is 1. The van der Waals surface area contributed by atoms with Gasteiger partial charge in [-0.3, -0.25) is 4.79 Å². The van der Waals surface area contributed by atoms with Crippen molar-refractivity contribution < 1.29 is 22.7 Å². The van der Waals surface area contributed by atoms with Gasteiger partial charge in [0.25, 0.3) is 0 Å². The van der Waals surface area contributed by atoms with E-state index in [9.17, 15) is 18.0 Å². The van der Waals surface area contributed by atoms with Crippen LogP contribution in [0.2, 0.25) is 0 Å². The lowest BCUT2D eigenvalue weighted by Crippen LogP contribution is -2.24. The van der Waals surface area contributed by atoms with Crippen molar-refractivity contribution in [1.29, 1.82) is 0 Å². The van der Waals surface area contributed by atoms with E-state index < -0.39 is 22.6 Å². The van der Waals surface area contributed by atoms with Gasteiger partial charge in [0, 0.05) is 5.56 Å². The van der Waals surface area contributed by atoms with Crippen LogP contribution < -0.4 is 4.72 Å². The van der Waals surface area contributed by atoms with Crippen molar-refractivity contribution in [3.8, 4) is 12.3 Å². The molecule has 7 heteroatoms. The van der Waals surface area contributed by atoms with Crippen molar-refractivity contribution in [2.45, 2.75) is 31.1 Å². The summed E-state index contributed by atoms with van der Waals surface area (Å²) >= 11 is 0. The minimum Gasteiger partial charge on any atom is -0.454 e. The molecule has 0 aliphatic heterocycles. The molecule has 1 N–H and O–H groups in total. The van der Waals surface area contributed by atoms with Crippen molar-refractivity contribution in [2.75, 3.05) is 13.2 Å². The first-order valence-corrected chi connectivity index (χ1v) is 10.4. The van der Waals surface area contributed by atoms with Crippen molar-refractivity contribution in [3.05, 3.63) is 65.2 Å². The quantitative estimate of drug-likeness (QED) is 0.428. The highest BCUT2D eigenvalue weighted by molar-refractivity contribution is 7.89. The molecule has 2 rings (SSSR count). The molecule has 0 atom stereocenters. The number of benzene rings is 2. The fraction of sp³-hybridized carbons (Fsp3) is 0.273. The molecule has 2 aromatic carbocycles. The van der Waals surface area contributed by atoms with Gasteiger partial charge in [-0.05, 0) is 35.2 Å². The number of hydrogen-bond donors (Lipinski definition) is 1. The third-order valence-electron chi connectivity index (χ3n) is 4.17. The summed E-state index contributed by atoms with van der Waals surface area (Å²) in [5, 5.41) is 0. The molecule has 152 valence electrons. The number of carbonyl (C=O) groups is 2. The van der Waals surface area contributed by atoms with E-state index in [0.29, 0.717) is 5.56 Å². The summed E-state index contributed by atoms with van der Waals surface area (Å²) in [6, 6.07) is 12.3. The lowest BCUT2D eigenvalue weighted by atomic mass is 9.86. The molecule has 0 radical (unpaired) electrons. The largest absolute Gasteiger partial charge is 0.454 e. The highest BCUT2D eigenvalue weighted by Crippen LogP contribution is 2.22. The molecule has 0 spiro atoms. The molecule has 0 aliphatic carbocycles. The maximum absolute atomic E-state index is 12.2. The van der Waals surface area contributed by atoms with Crippen LogP contribution in [0.4, 0.5) is 0 Å². The summed E-state index contributed by atoms with van der Waals surface area (Å²) in [7, 11) is -3.74. The maximum Gasteiger partial charge on any atom is 0.338 e. The Morgan fingerprint density at radius 1 is 1.00 bits per heavy atom.